The minimum atomic E-state index is -0.431. The third kappa shape index (κ3) is 3.00. The maximum Gasteiger partial charge on any atom is 0.138 e. The molecule has 18 heavy (non-hydrogen) atoms. The molecule has 0 heterocycles. The van der Waals surface area contributed by atoms with E-state index in [9.17, 15) is 8.78 Å². The molecule has 0 N–H and O–H groups in total. The van der Waals surface area contributed by atoms with Gasteiger partial charge in [0.15, 0.2) is 0 Å². The van der Waals surface area contributed by atoms with E-state index < -0.39 is 5.82 Å². The zero-order chi connectivity index (χ0) is 13.1. The van der Waals surface area contributed by atoms with Crippen molar-refractivity contribution in [3.05, 3.63) is 63.1 Å². The van der Waals surface area contributed by atoms with Crippen LogP contribution in [0.2, 0.25) is 5.02 Å². The van der Waals surface area contributed by atoms with E-state index in [0.29, 0.717) is 15.8 Å². The molecule has 2 aromatic rings. The minimum Gasteiger partial charge on any atom is -0.487 e. The largest absolute Gasteiger partial charge is 0.487 e. The number of hydrogen-bond acceptors (Lipinski definition) is 1. The molecule has 0 bridgehead atoms. The van der Waals surface area contributed by atoms with Crippen LogP contribution in [0.1, 0.15) is 5.56 Å². The summed E-state index contributed by atoms with van der Waals surface area (Å²) in [6.07, 6.45) is 0. The van der Waals surface area contributed by atoms with Crippen molar-refractivity contribution in [1.29, 1.82) is 0 Å². The third-order valence-corrected chi connectivity index (χ3v) is 3.49. The quantitative estimate of drug-likeness (QED) is 0.771. The first-order valence-corrected chi connectivity index (χ1v) is 6.26. The molecule has 0 aliphatic carbocycles. The lowest BCUT2D eigenvalue weighted by Crippen LogP contribution is -1.98. The van der Waals surface area contributed by atoms with Crippen LogP contribution in [0, 0.1) is 11.6 Å². The van der Waals surface area contributed by atoms with Gasteiger partial charge in [-0.15, -0.1) is 0 Å². The Bertz CT molecular complexity index is 575. The molecule has 0 saturated heterocycles. The topological polar surface area (TPSA) is 9.23 Å². The Labute approximate surface area is 116 Å². The normalized spacial score (nSPS) is 10.4. The van der Waals surface area contributed by atoms with Gasteiger partial charge in [-0.2, -0.15) is 0 Å². The molecule has 0 amide bonds. The van der Waals surface area contributed by atoms with Gasteiger partial charge < -0.3 is 4.74 Å². The first-order valence-electron chi connectivity index (χ1n) is 5.08. The van der Waals surface area contributed by atoms with E-state index in [1.165, 1.54) is 18.2 Å². The highest BCUT2D eigenvalue weighted by molar-refractivity contribution is 9.10. The lowest BCUT2D eigenvalue weighted by atomic mass is 10.2. The van der Waals surface area contributed by atoms with Crippen LogP contribution < -0.4 is 4.74 Å². The van der Waals surface area contributed by atoms with Gasteiger partial charge in [0.2, 0.25) is 0 Å². The fourth-order valence-corrected chi connectivity index (χ4v) is 2.01. The van der Waals surface area contributed by atoms with Gasteiger partial charge in [0.25, 0.3) is 0 Å². The first kappa shape index (κ1) is 13.3. The van der Waals surface area contributed by atoms with Gasteiger partial charge in [-0.25, -0.2) is 8.78 Å². The Balaban J connectivity index is 2.14. The molecule has 0 fully saturated rings. The average molecular weight is 334 g/mol. The highest BCUT2D eigenvalue weighted by Crippen LogP contribution is 2.27. The second-order valence-electron chi connectivity index (χ2n) is 3.58. The Morgan fingerprint density at radius 3 is 2.67 bits per heavy atom. The van der Waals surface area contributed by atoms with Crippen molar-refractivity contribution in [2.45, 2.75) is 6.61 Å². The summed E-state index contributed by atoms with van der Waals surface area (Å²) in [7, 11) is 0. The molecular weight excluding hydrogens is 325 g/mol. The Morgan fingerprint density at radius 2 is 1.94 bits per heavy atom. The van der Waals surface area contributed by atoms with Gasteiger partial charge >= 0.3 is 0 Å². The van der Waals surface area contributed by atoms with Gasteiger partial charge in [-0.05, 0) is 40.2 Å². The second-order valence-corrected chi connectivity index (χ2v) is 4.78. The van der Waals surface area contributed by atoms with Crippen molar-refractivity contribution >= 4 is 27.5 Å². The van der Waals surface area contributed by atoms with Crippen LogP contribution >= 0.6 is 27.5 Å². The van der Waals surface area contributed by atoms with E-state index in [-0.39, 0.29) is 17.4 Å². The van der Waals surface area contributed by atoms with Gasteiger partial charge in [-0.1, -0.05) is 23.7 Å². The summed E-state index contributed by atoms with van der Waals surface area (Å²) < 4.78 is 31.9. The van der Waals surface area contributed by atoms with Crippen molar-refractivity contribution in [1.82, 2.24) is 0 Å². The van der Waals surface area contributed by atoms with Crippen molar-refractivity contribution in [3.8, 4) is 5.75 Å². The predicted molar refractivity (Wildman–Crippen MR) is 69.8 cm³/mol. The number of halogens is 4. The maximum absolute atomic E-state index is 13.3. The van der Waals surface area contributed by atoms with Crippen LogP contribution in [-0.2, 0) is 6.61 Å². The van der Waals surface area contributed by atoms with E-state index in [0.717, 1.165) is 6.07 Å². The zero-order valence-corrected chi connectivity index (χ0v) is 11.4. The molecular formula is C13H8BrClF2O. The molecule has 0 aromatic heterocycles. The third-order valence-electron chi connectivity index (χ3n) is 2.31. The van der Waals surface area contributed by atoms with E-state index in [1.807, 2.05) is 0 Å². The van der Waals surface area contributed by atoms with Crippen molar-refractivity contribution < 1.29 is 13.5 Å². The average Bonchev–Trinajstić information content (AvgIpc) is 2.33. The number of benzene rings is 2. The Morgan fingerprint density at radius 1 is 1.17 bits per heavy atom. The molecule has 0 unspecified atom stereocenters. The van der Waals surface area contributed by atoms with Crippen LogP contribution in [-0.4, -0.2) is 0 Å². The van der Waals surface area contributed by atoms with Crippen LogP contribution in [0.15, 0.2) is 40.9 Å². The van der Waals surface area contributed by atoms with Crippen molar-refractivity contribution in [3.63, 3.8) is 0 Å². The first-order chi connectivity index (χ1) is 8.58. The Hall–Kier alpha value is -1.13. The van der Waals surface area contributed by atoms with E-state index in [2.05, 4.69) is 15.9 Å². The molecule has 2 aromatic carbocycles. The molecule has 0 aliphatic rings. The summed E-state index contributed by atoms with van der Waals surface area (Å²) in [5.41, 5.74) is 0.649. The standard InChI is InChI=1S/C13H8BrClF2O/c14-13-8(2-1-3-11(13)17)7-18-12-5-4-9(16)6-10(12)15/h1-6H,7H2. The summed E-state index contributed by atoms with van der Waals surface area (Å²) in [6, 6.07) is 8.51. The molecule has 0 saturated carbocycles. The molecule has 2 rings (SSSR count). The molecule has 0 radical (unpaired) electrons. The second kappa shape index (κ2) is 5.67. The number of rotatable bonds is 3. The van der Waals surface area contributed by atoms with Gasteiger partial charge in [0.05, 0.1) is 9.50 Å². The van der Waals surface area contributed by atoms with Crippen LogP contribution in [0.25, 0.3) is 0 Å². The molecule has 0 aliphatic heterocycles. The highest BCUT2D eigenvalue weighted by Gasteiger charge is 2.07. The number of ether oxygens (including phenoxy) is 1. The summed E-state index contributed by atoms with van der Waals surface area (Å²) in [6.45, 7) is 0.143. The van der Waals surface area contributed by atoms with Gasteiger partial charge in [0, 0.05) is 5.56 Å². The van der Waals surface area contributed by atoms with Crippen LogP contribution in [0.4, 0.5) is 8.78 Å². The fraction of sp³-hybridized carbons (Fsp3) is 0.0769. The van der Waals surface area contributed by atoms with E-state index in [4.69, 9.17) is 16.3 Å². The van der Waals surface area contributed by atoms with Crippen LogP contribution in [0.5, 0.6) is 5.75 Å². The number of hydrogen-bond donors (Lipinski definition) is 0. The van der Waals surface area contributed by atoms with Gasteiger partial charge in [-0.3, -0.25) is 0 Å². The van der Waals surface area contributed by atoms with Crippen molar-refractivity contribution in [2.24, 2.45) is 0 Å². The summed E-state index contributed by atoms with van der Waals surface area (Å²) in [5, 5.41) is 0.183. The molecule has 0 atom stereocenters. The van der Waals surface area contributed by atoms with Gasteiger partial charge in [0.1, 0.15) is 24.0 Å². The molecule has 5 heteroatoms. The van der Waals surface area contributed by atoms with E-state index >= 15 is 0 Å². The summed E-state index contributed by atoms with van der Waals surface area (Å²) in [5.74, 6) is -0.435. The highest BCUT2D eigenvalue weighted by atomic mass is 79.9. The lowest BCUT2D eigenvalue weighted by Gasteiger charge is -2.09. The maximum atomic E-state index is 13.3. The monoisotopic (exact) mass is 332 g/mol. The Kier molecular flexibility index (Phi) is 4.19. The SMILES string of the molecule is Fc1ccc(OCc2cccc(F)c2Br)c(Cl)c1. The fourth-order valence-electron chi connectivity index (χ4n) is 1.41. The van der Waals surface area contributed by atoms with E-state index in [1.54, 1.807) is 12.1 Å². The van der Waals surface area contributed by atoms with Crippen molar-refractivity contribution in [2.75, 3.05) is 0 Å². The lowest BCUT2D eigenvalue weighted by molar-refractivity contribution is 0.304. The molecule has 0 spiro atoms. The smallest absolute Gasteiger partial charge is 0.138 e. The summed E-state index contributed by atoms with van der Waals surface area (Å²) in [4.78, 5) is 0. The predicted octanol–water partition coefficient (Wildman–Crippen LogP) is 4.96. The minimum absolute atomic E-state index is 0.143. The summed E-state index contributed by atoms with van der Waals surface area (Å²) >= 11 is 8.95. The van der Waals surface area contributed by atoms with Crippen LogP contribution in [0.3, 0.4) is 0 Å². The molecule has 94 valence electrons. The molecule has 1 nitrogen and oxygen atoms in total. The zero-order valence-electron chi connectivity index (χ0n) is 9.09.